The highest BCUT2D eigenvalue weighted by molar-refractivity contribution is 8.00. The van der Waals surface area contributed by atoms with Crippen molar-refractivity contribution in [1.29, 1.82) is 0 Å². The van der Waals surface area contributed by atoms with E-state index in [0.29, 0.717) is 6.54 Å². The lowest BCUT2D eigenvalue weighted by Gasteiger charge is -2.14. The Morgan fingerprint density at radius 3 is 2.94 bits per heavy atom. The molecule has 0 radical (unpaired) electrons. The lowest BCUT2D eigenvalue weighted by Crippen LogP contribution is -2.20. The highest BCUT2D eigenvalue weighted by atomic mass is 32.2. The van der Waals surface area contributed by atoms with Gasteiger partial charge in [-0.05, 0) is 19.1 Å². The van der Waals surface area contributed by atoms with E-state index in [4.69, 9.17) is 5.84 Å². The molecule has 1 aromatic heterocycles. The Hall–Kier alpha value is -1.08. The Morgan fingerprint density at radius 1 is 1.62 bits per heavy atom. The van der Waals surface area contributed by atoms with Crippen LogP contribution in [0, 0.1) is 5.82 Å². The van der Waals surface area contributed by atoms with Crippen molar-refractivity contribution in [1.82, 2.24) is 9.97 Å². The second-order valence-corrected chi connectivity index (χ2v) is 5.05. The number of nitrogens with one attached hydrogen (secondary N) is 2. The zero-order valence-corrected chi connectivity index (χ0v) is 9.77. The average molecular weight is 243 g/mol. The molecule has 7 heteroatoms. The van der Waals surface area contributed by atoms with Gasteiger partial charge in [0.1, 0.15) is 0 Å². The quantitative estimate of drug-likeness (QED) is 0.533. The van der Waals surface area contributed by atoms with E-state index in [1.165, 1.54) is 0 Å². The molecule has 1 aliphatic carbocycles. The summed E-state index contributed by atoms with van der Waals surface area (Å²) in [6.07, 6.45) is 5.49. The summed E-state index contributed by atoms with van der Waals surface area (Å²) in [5.41, 5.74) is 2.29. The van der Waals surface area contributed by atoms with Crippen LogP contribution in [-0.2, 0) is 0 Å². The minimum atomic E-state index is -0.462. The number of thioether (sulfide) groups is 1. The number of nitrogens with two attached hydrogens (primary N) is 1. The highest BCUT2D eigenvalue weighted by Gasteiger charge is 2.41. The van der Waals surface area contributed by atoms with Gasteiger partial charge in [0, 0.05) is 11.3 Å². The number of hydrogen-bond donors (Lipinski definition) is 3. The van der Waals surface area contributed by atoms with Crippen molar-refractivity contribution >= 4 is 23.5 Å². The zero-order chi connectivity index (χ0) is 11.6. The van der Waals surface area contributed by atoms with Gasteiger partial charge in [-0.2, -0.15) is 16.7 Å². The number of hydrazine groups is 1. The molecule has 1 aliphatic rings. The topological polar surface area (TPSA) is 75.9 Å². The first-order valence-electron chi connectivity index (χ1n) is 4.97. The van der Waals surface area contributed by atoms with Crippen LogP contribution in [0.1, 0.15) is 12.8 Å². The molecule has 1 saturated carbocycles. The molecule has 2 rings (SSSR count). The highest BCUT2D eigenvalue weighted by Crippen LogP contribution is 2.47. The van der Waals surface area contributed by atoms with Gasteiger partial charge < -0.3 is 5.32 Å². The third-order valence-corrected chi connectivity index (χ3v) is 4.11. The van der Waals surface area contributed by atoms with Crippen molar-refractivity contribution in [2.24, 2.45) is 5.84 Å². The SMILES string of the molecule is CSC1(CNc2nc(NN)ncc2F)CC1. The Kier molecular flexibility index (Phi) is 3.15. The molecule has 16 heavy (non-hydrogen) atoms. The zero-order valence-electron chi connectivity index (χ0n) is 8.96. The van der Waals surface area contributed by atoms with Crippen molar-refractivity contribution < 1.29 is 4.39 Å². The van der Waals surface area contributed by atoms with Gasteiger partial charge in [0.25, 0.3) is 0 Å². The van der Waals surface area contributed by atoms with Crippen LogP contribution in [-0.4, -0.2) is 27.5 Å². The van der Waals surface area contributed by atoms with Gasteiger partial charge in [-0.15, -0.1) is 0 Å². The van der Waals surface area contributed by atoms with Crippen LogP contribution in [0.2, 0.25) is 0 Å². The standard InChI is InChI=1S/C9H14FN5S/c1-16-9(2-3-9)5-13-7-6(10)4-12-8(14-7)15-11/h4H,2-3,5,11H2,1H3,(H2,12,13,14,15). The van der Waals surface area contributed by atoms with Gasteiger partial charge in [-0.1, -0.05) is 0 Å². The normalized spacial score (nSPS) is 16.9. The summed E-state index contributed by atoms with van der Waals surface area (Å²) < 4.78 is 13.6. The maximum atomic E-state index is 13.3. The summed E-state index contributed by atoms with van der Waals surface area (Å²) in [7, 11) is 0. The molecule has 0 unspecified atom stereocenters. The van der Waals surface area contributed by atoms with Crippen molar-refractivity contribution in [3.05, 3.63) is 12.0 Å². The fraction of sp³-hybridized carbons (Fsp3) is 0.556. The van der Waals surface area contributed by atoms with Gasteiger partial charge in [-0.25, -0.2) is 15.2 Å². The molecule has 0 atom stereocenters. The average Bonchev–Trinajstić information content (AvgIpc) is 3.09. The number of anilines is 2. The second-order valence-electron chi connectivity index (χ2n) is 3.78. The van der Waals surface area contributed by atoms with Crippen LogP contribution in [0.5, 0.6) is 0 Å². The van der Waals surface area contributed by atoms with Crippen molar-refractivity contribution in [2.45, 2.75) is 17.6 Å². The molecular weight excluding hydrogens is 229 g/mol. The molecule has 1 fully saturated rings. The second kappa shape index (κ2) is 4.42. The largest absolute Gasteiger partial charge is 0.366 e. The van der Waals surface area contributed by atoms with Crippen LogP contribution in [0.25, 0.3) is 0 Å². The Morgan fingerprint density at radius 2 is 2.38 bits per heavy atom. The van der Waals surface area contributed by atoms with Crippen LogP contribution < -0.4 is 16.6 Å². The molecule has 0 bridgehead atoms. The molecule has 1 heterocycles. The third-order valence-electron chi connectivity index (χ3n) is 2.69. The predicted molar refractivity (Wildman–Crippen MR) is 63.8 cm³/mol. The van der Waals surface area contributed by atoms with E-state index >= 15 is 0 Å². The Labute approximate surface area is 97.4 Å². The summed E-state index contributed by atoms with van der Waals surface area (Å²) in [6.45, 7) is 0.714. The lowest BCUT2D eigenvalue weighted by molar-refractivity contribution is 0.617. The molecule has 0 aliphatic heterocycles. The Bertz CT molecular complexity index is 382. The van der Waals surface area contributed by atoms with E-state index < -0.39 is 5.82 Å². The molecule has 4 N–H and O–H groups in total. The predicted octanol–water partition coefficient (Wildman–Crippen LogP) is 1.21. The molecule has 0 aromatic carbocycles. The van der Waals surface area contributed by atoms with Gasteiger partial charge in [-0.3, -0.25) is 5.43 Å². The van der Waals surface area contributed by atoms with Crippen molar-refractivity contribution in [2.75, 3.05) is 23.5 Å². The molecule has 0 saturated heterocycles. The van der Waals surface area contributed by atoms with E-state index in [0.717, 1.165) is 19.0 Å². The van der Waals surface area contributed by atoms with Crippen LogP contribution in [0.3, 0.4) is 0 Å². The fourth-order valence-corrected chi connectivity index (χ4v) is 2.12. The Balaban J connectivity index is 2.03. The van der Waals surface area contributed by atoms with E-state index in [1.807, 2.05) is 0 Å². The molecule has 88 valence electrons. The van der Waals surface area contributed by atoms with Crippen LogP contribution in [0.15, 0.2) is 6.20 Å². The number of aromatic nitrogens is 2. The van der Waals surface area contributed by atoms with Gasteiger partial charge in [0.05, 0.1) is 6.20 Å². The first-order chi connectivity index (χ1) is 7.69. The van der Waals surface area contributed by atoms with Crippen molar-refractivity contribution in [3.63, 3.8) is 0 Å². The minimum Gasteiger partial charge on any atom is -0.366 e. The van der Waals surface area contributed by atoms with Crippen molar-refractivity contribution in [3.8, 4) is 0 Å². The lowest BCUT2D eigenvalue weighted by atomic mass is 10.4. The van der Waals surface area contributed by atoms with E-state index in [2.05, 4.69) is 27.0 Å². The first-order valence-corrected chi connectivity index (χ1v) is 6.20. The number of nitrogen functional groups attached to an aromatic ring is 1. The molecule has 5 nitrogen and oxygen atoms in total. The number of nitrogens with zero attached hydrogens (tertiary/aromatic N) is 2. The number of halogens is 1. The summed E-state index contributed by atoms with van der Waals surface area (Å²) >= 11 is 1.80. The maximum Gasteiger partial charge on any atom is 0.239 e. The summed E-state index contributed by atoms with van der Waals surface area (Å²) in [5.74, 6) is 5.10. The monoisotopic (exact) mass is 243 g/mol. The van der Waals surface area contributed by atoms with Gasteiger partial charge >= 0.3 is 0 Å². The number of rotatable bonds is 5. The molecular formula is C9H14FN5S. The van der Waals surface area contributed by atoms with E-state index in [1.54, 1.807) is 11.8 Å². The third kappa shape index (κ3) is 2.35. The molecule has 1 aromatic rings. The van der Waals surface area contributed by atoms with Gasteiger partial charge in [0.15, 0.2) is 11.6 Å². The summed E-state index contributed by atoms with van der Waals surface area (Å²) in [5, 5.41) is 3.00. The fourth-order valence-electron chi connectivity index (χ4n) is 1.40. The van der Waals surface area contributed by atoms with Crippen LogP contribution in [0.4, 0.5) is 16.2 Å². The van der Waals surface area contributed by atoms with Gasteiger partial charge in [0.2, 0.25) is 5.95 Å². The molecule has 0 spiro atoms. The smallest absolute Gasteiger partial charge is 0.239 e. The minimum absolute atomic E-state index is 0.197. The summed E-state index contributed by atoms with van der Waals surface area (Å²) in [6, 6.07) is 0. The summed E-state index contributed by atoms with van der Waals surface area (Å²) in [4.78, 5) is 7.58. The first kappa shape index (κ1) is 11.4. The van der Waals surface area contributed by atoms with E-state index in [-0.39, 0.29) is 16.5 Å². The van der Waals surface area contributed by atoms with Crippen LogP contribution >= 0.6 is 11.8 Å². The van der Waals surface area contributed by atoms with E-state index in [9.17, 15) is 4.39 Å². The molecule has 0 amide bonds. The maximum absolute atomic E-state index is 13.3. The number of hydrogen-bond acceptors (Lipinski definition) is 6.